The zero-order valence-electron chi connectivity index (χ0n) is 36.9. The molecule has 0 aliphatic heterocycles. The van der Waals surface area contributed by atoms with E-state index < -0.39 is 5.41 Å². The average molecular weight is 868 g/mol. The summed E-state index contributed by atoms with van der Waals surface area (Å²) in [5.74, 6) is 1.80. The summed E-state index contributed by atoms with van der Waals surface area (Å²) in [5.41, 5.74) is 16.6. The summed E-state index contributed by atoms with van der Waals surface area (Å²) >= 11 is 0. The third-order valence-corrected chi connectivity index (χ3v) is 13.5. The van der Waals surface area contributed by atoms with Crippen molar-refractivity contribution in [2.24, 2.45) is 0 Å². The molecule has 0 radical (unpaired) electrons. The molecule has 0 N–H and O–H groups in total. The highest BCUT2D eigenvalue weighted by molar-refractivity contribution is 6.09. The molecule has 1 aliphatic carbocycles. The van der Waals surface area contributed by atoms with E-state index in [4.69, 9.17) is 20.1 Å². The van der Waals surface area contributed by atoms with Gasteiger partial charge >= 0.3 is 0 Å². The van der Waals surface area contributed by atoms with Crippen LogP contribution in [-0.2, 0) is 5.41 Å². The molecule has 0 saturated carbocycles. The molecule has 68 heavy (non-hydrogen) atoms. The molecule has 13 rings (SSSR count). The Morgan fingerprint density at radius 3 is 1.51 bits per heavy atom. The molecule has 12 aromatic rings. The molecule has 9 aromatic carbocycles. The lowest BCUT2D eigenvalue weighted by Crippen LogP contribution is -2.28. The van der Waals surface area contributed by atoms with Crippen molar-refractivity contribution in [3.8, 4) is 78.9 Å². The lowest BCUT2D eigenvalue weighted by Gasteiger charge is -2.34. The Kier molecular flexibility index (Phi) is 9.32. The summed E-state index contributed by atoms with van der Waals surface area (Å²) in [5, 5.41) is 7.74. The summed E-state index contributed by atoms with van der Waals surface area (Å²) in [6, 6.07) is 88.1. The maximum atomic E-state index is 5.47. The molecule has 5 nitrogen and oxygen atoms in total. The Morgan fingerprint density at radius 2 is 0.838 bits per heavy atom. The van der Waals surface area contributed by atoms with Crippen molar-refractivity contribution in [3.63, 3.8) is 0 Å². The van der Waals surface area contributed by atoms with E-state index in [-0.39, 0.29) is 0 Å². The van der Waals surface area contributed by atoms with Crippen molar-refractivity contribution in [1.82, 2.24) is 24.6 Å². The Morgan fingerprint density at radius 1 is 0.338 bits per heavy atom. The summed E-state index contributed by atoms with van der Waals surface area (Å²) in [4.78, 5) is 15.9. The lowest BCUT2D eigenvalue weighted by atomic mass is 9.67. The molecule has 3 aromatic heterocycles. The number of hydrogen-bond donors (Lipinski definition) is 0. The molecule has 1 aliphatic rings. The maximum Gasteiger partial charge on any atom is 0.164 e. The average Bonchev–Trinajstić information content (AvgIpc) is 3.97. The minimum atomic E-state index is -0.563. The molecule has 0 bridgehead atoms. The summed E-state index contributed by atoms with van der Waals surface area (Å²) in [6.07, 6.45) is 0. The van der Waals surface area contributed by atoms with Crippen LogP contribution in [0.3, 0.4) is 0 Å². The minimum absolute atomic E-state index is 0.563. The number of rotatable bonds is 8. The molecule has 0 saturated heterocycles. The van der Waals surface area contributed by atoms with Gasteiger partial charge < -0.3 is 0 Å². The lowest BCUT2D eigenvalue weighted by molar-refractivity contribution is 0.768. The van der Waals surface area contributed by atoms with Crippen LogP contribution >= 0.6 is 0 Å². The van der Waals surface area contributed by atoms with E-state index in [2.05, 4.69) is 235 Å². The van der Waals surface area contributed by atoms with E-state index in [0.29, 0.717) is 17.5 Å². The van der Waals surface area contributed by atoms with Crippen LogP contribution in [0.5, 0.6) is 0 Å². The van der Waals surface area contributed by atoms with Gasteiger partial charge in [0.05, 0.1) is 16.6 Å². The molecule has 0 atom stereocenters. The van der Waals surface area contributed by atoms with Crippen molar-refractivity contribution < 1.29 is 0 Å². The molecular formula is C63H41N5. The minimum Gasteiger partial charge on any atom is -0.231 e. The Balaban J connectivity index is 1.03. The number of nitrogens with zero attached hydrogens (tertiary/aromatic N) is 5. The monoisotopic (exact) mass is 867 g/mol. The number of pyridine rings is 1. The Labute approximate surface area is 394 Å². The van der Waals surface area contributed by atoms with Crippen LogP contribution in [0.1, 0.15) is 22.3 Å². The first-order valence-electron chi connectivity index (χ1n) is 23.1. The van der Waals surface area contributed by atoms with Gasteiger partial charge in [0.15, 0.2) is 17.5 Å². The molecule has 0 unspecified atom stereocenters. The highest BCUT2D eigenvalue weighted by atomic mass is 15.2. The molecule has 3 heterocycles. The van der Waals surface area contributed by atoms with Crippen LogP contribution in [0, 0.1) is 0 Å². The molecule has 318 valence electrons. The normalized spacial score (nSPS) is 12.5. The fraction of sp³-hybridized carbons (Fsp3) is 0.0159. The van der Waals surface area contributed by atoms with Gasteiger partial charge in [0.1, 0.15) is 5.69 Å². The van der Waals surface area contributed by atoms with Crippen LogP contribution in [-0.4, -0.2) is 24.6 Å². The second-order valence-corrected chi connectivity index (χ2v) is 17.4. The van der Waals surface area contributed by atoms with Crippen LogP contribution in [0.2, 0.25) is 0 Å². The maximum absolute atomic E-state index is 5.47. The van der Waals surface area contributed by atoms with Gasteiger partial charge in [0, 0.05) is 38.8 Å². The molecule has 0 fully saturated rings. The first-order valence-corrected chi connectivity index (χ1v) is 23.1. The smallest absolute Gasteiger partial charge is 0.164 e. The van der Waals surface area contributed by atoms with E-state index in [1.807, 2.05) is 18.2 Å². The van der Waals surface area contributed by atoms with Gasteiger partial charge in [-0.05, 0) is 62.5 Å². The standard InChI is InChI=1S/C63H41N5/c1-6-21-42(22-7-1)56-41-45-27-16-17-34-51(45)59-57(58(67-68(56)59)43-23-8-2-9-24-43)46-28-20-29-47(39-46)61-64-60(44-25-10-3-11-26-44)65-62(66-61)48-37-38-53-52-35-18-19-36-54(52)63(55(53)40-48,49-30-12-4-13-31-49)50-32-14-5-15-33-50/h1-41H. The van der Waals surface area contributed by atoms with Crippen molar-refractivity contribution in [1.29, 1.82) is 0 Å². The van der Waals surface area contributed by atoms with Gasteiger partial charge in [-0.25, -0.2) is 19.5 Å². The molecule has 0 spiro atoms. The van der Waals surface area contributed by atoms with Crippen LogP contribution in [0.25, 0.3) is 95.2 Å². The zero-order valence-corrected chi connectivity index (χ0v) is 36.9. The van der Waals surface area contributed by atoms with Gasteiger partial charge in [-0.2, -0.15) is 5.10 Å². The summed E-state index contributed by atoms with van der Waals surface area (Å²) in [6.45, 7) is 0. The van der Waals surface area contributed by atoms with Crippen molar-refractivity contribution in [2.45, 2.75) is 5.41 Å². The Hall–Kier alpha value is -9.06. The number of fused-ring (bicyclic) bond motifs is 6. The van der Waals surface area contributed by atoms with E-state index in [1.54, 1.807) is 0 Å². The summed E-state index contributed by atoms with van der Waals surface area (Å²) < 4.78 is 2.13. The van der Waals surface area contributed by atoms with Crippen molar-refractivity contribution >= 4 is 16.3 Å². The van der Waals surface area contributed by atoms with Gasteiger partial charge in [-0.3, -0.25) is 0 Å². The van der Waals surface area contributed by atoms with Crippen molar-refractivity contribution in [2.75, 3.05) is 0 Å². The van der Waals surface area contributed by atoms with Gasteiger partial charge in [-0.1, -0.05) is 231 Å². The predicted octanol–water partition coefficient (Wildman–Crippen LogP) is 15.0. The fourth-order valence-corrected chi connectivity index (χ4v) is 10.5. The quantitative estimate of drug-likeness (QED) is 0.153. The highest BCUT2D eigenvalue weighted by Crippen LogP contribution is 2.56. The first-order chi connectivity index (χ1) is 33.7. The van der Waals surface area contributed by atoms with E-state index in [9.17, 15) is 0 Å². The topological polar surface area (TPSA) is 56.0 Å². The molecule has 5 heteroatoms. The van der Waals surface area contributed by atoms with Gasteiger partial charge in [-0.15, -0.1) is 0 Å². The van der Waals surface area contributed by atoms with Crippen LogP contribution in [0.15, 0.2) is 249 Å². The highest BCUT2D eigenvalue weighted by Gasteiger charge is 2.46. The second-order valence-electron chi connectivity index (χ2n) is 17.4. The molecule has 0 amide bonds. The zero-order chi connectivity index (χ0) is 45.0. The molecular weight excluding hydrogens is 827 g/mol. The SMILES string of the molecule is c1ccc(-c2nc(-c3cccc(-c4c(-c5ccccc5)nn5c(-c6ccccc6)cc6ccccc6c45)c3)nc(-c3ccc4c(c3)C(c3ccccc3)(c3ccccc3)c3ccccc3-4)n2)cc1. The summed E-state index contributed by atoms with van der Waals surface area (Å²) in [7, 11) is 0. The largest absolute Gasteiger partial charge is 0.231 e. The predicted molar refractivity (Wildman–Crippen MR) is 276 cm³/mol. The first kappa shape index (κ1) is 39.3. The third kappa shape index (κ3) is 6.32. The van der Waals surface area contributed by atoms with Gasteiger partial charge in [0.25, 0.3) is 0 Å². The third-order valence-electron chi connectivity index (χ3n) is 13.5. The number of aromatic nitrogens is 5. The van der Waals surface area contributed by atoms with Crippen molar-refractivity contribution in [3.05, 3.63) is 271 Å². The number of hydrogen-bond acceptors (Lipinski definition) is 4. The fourth-order valence-electron chi connectivity index (χ4n) is 10.5. The van der Waals surface area contributed by atoms with Gasteiger partial charge in [0.2, 0.25) is 0 Å². The Bertz CT molecular complexity index is 3790. The van der Waals surface area contributed by atoms with E-state index in [1.165, 1.54) is 33.4 Å². The van der Waals surface area contributed by atoms with E-state index >= 15 is 0 Å². The van der Waals surface area contributed by atoms with Crippen LogP contribution < -0.4 is 0 Å². The second kappa shape index (κ2) is 16.1. The van der Waals surface area contributed by atoms with Crippen LogP contribution in [0.4, 0.5) is 0 Å². The number of benzene rings is 9. The van der Waals surface area contributed by atoms with E-state index in [0.717, 1.165) is 66.6 Å².